The molecule has 4 heteroatoms. The van der Waals surface area contributed by atoms with Gasteiger partial charge in [0.25, 0.3) is 0 Å². The normalized spacial score (nSPS) is 9.64. The van der Waals surface area contributed by atoms with Crippen LogP contribution in [0.1, 0.15) is 12.7 Å². The summed E-state index contributed by atoms with van der Waals surface area (Å²) in [5.74, 6) is 0.700. The summed E-state index contributed by atoms with van der Waals surface area (Å²) in [4.78, 5) is 11.0. The molecule has 1 rings (SSSR count). The van der Waals surface area contributed by atoms with E-state index in [1.807, 2.05) is 6.92 Å². The molecule has 0 unspecified atom stereocenters. The molecule has 0 radical (unpaired) electrons. The molecule has 0 aliphatic carbocycles. The Morgan fingerprint density at radius 2 is 2.45 bits per heavy atom. The van der Waals surface area contributed by atoms with Gasteiger partial charge in [0, 0.05) is 25.4 Å². The molecule has 0 aliphatic heterocycles. The van der Waals surface area contributed by atoms with Crippen LogP contribution in [0.4, 0.5) is 0 Å². The summed E-state index contributed by atoms with van der Waals surface area (Å²) in [5, 5.41) is 0. The largest absolute Gasteiger partial charge is 0.465 e. The van der Waals surface area contributed by atoms with E-state index in [0.717, 1.165) is 0 Å². The fourth-order valence-corrected chi connectivity index (χ4v) is 0.976. The van der Waals surface area contributed by atoms with E-state index in [2.05, 4.69) is 17.1 Å². The molecule has 60 valence electrons. The van der Waals surface area contributed by atoms with E-state index in [-0.39, 0.29) is 11.2 Å². The highest BCUT2D eigenvalue weighted by Gasteiger charge is 2.06. The van der Waals surface area contributed by atoms with Gasteiger partial charge in [-0.25, -0.2) is 0 Å². The summed E-state index contributed by atoms with van der Waals surface area (Å²) in [6.07, 6.45) is 1.96. The van der Waals surface area contributed by atoms with Gasteiger partial charge < -0.3 is 8.60 Å². The van der Waals surface area contributed by atoms with Gasteiger partial charge >= 0.3 is 0 Å². The summed E-state index contributed by atoms with van der Waals surface area (Å²) >= 11 is 3.54. The van der Waals surface area contributed by atoms with Gasteiger partial charge in [-0.2, -0.15) is 0 Å². The van der Waals surface area contributed by atoms with E-state index in [1.54, 1.807) is 0 Å². The molecule has 3 nitrogen and oxygen atoms in total. The Morgan fingerprint density at radius 1 is 1.73 bits per heavy atom. The second-order valence-corrected chi connectivity index (χ2v) is 2.16. The van der Waals surface area contributed by atoms with Crippen molar-refractivity contribution in [2.45, 2.75) is 13.3 Å². The summed E-state index contributed by atoms with van der Waals surface area (Å²) in [6, 6.07) is 1.30. The van der Waals surface area contributed by atoms with Gasteiger partial charge in [0.1, 0.15) is 0 Å². The van der Waals surface area contributed by atoms with E-state index >= 15 is 0 Å². The van der Waals surface area contributed by atoms with Gasteiger partial charge in [0.2, 0.25) is 11.2 Å². The lowest BCUT2D eigenvalue weighted by atomic mass is 10.3. The SMILES string of the molecule is CCc1occc(=O)c1OS. The van der Waals surface area contributed by atoms with Crippen molar-refractivity contribution in [1.82, 2.24) is 0 Å². The monoisotopic (exact) mass is 172 g/mol. The number of hydrogen-bond acceptors (Lipinski definition) is 4. The standard InChI is InChI=1S/C7H8O3S/c1-2-6-7(10-11)5(8)3-4-9-6/h3-4,11H,2H2,1H3. The molecule has 0 bridgehead atoms. The maximum atomic E-state index is 11.0. The predicted octanol–water partition coefficient (Wildman–Crippen LogP) is 1.43. The molecular weight excluding hydrogens is 164 g/mol. The predicted molar refractivity (Wildman–Crippen MR) is 44.0 cm³/mol. The smallest absolute Gasteiger partial charge is 0.228 e. The third-order valence-corrected chi connectivity index (χ3v) is 1.50. The zero-order valence-electron chi connectivity index (χ0n) is 6.03. The number of thiol groups is 1. The van der Waals surface area contributed by atoms with Crippen LogP contribution in [-0.4, -0.2) is 0 Å². The first-order valence-corrected chi connectivity index (χ1v) is 3.58. The lowest BCUT2D eigenvalue weighted by Crippen LogP contribution is -2.03. The van der Waals surface area contributed by atoms with Crippen LogP contribution in [0, 0.1) is 0 Å². The van der Waals surface area contributed by atoms with Crippen LogP contribution in [0.5, 0.6) is 5.75 Å². The Morgan fingerprint density at radius 3 is 2.91 bits per heavy atom. The molecule has 0 saturated carbocycles. The molecule has 0 fully saturated rings. The Bertz CT molecular complexity index is 292. The quantitative estimate of drug-likeness (QED) is 0.541. The fourth-order valence-electron chi connectivity index (χ4n) is 0.784. The molecule has 1 heterocycles. The highest BCUT2D eigenvalue weighted by Crippen LogP contribution is 2.13. The minimum atomic E-state index is -0.205. The Labute approximate surface area is 69.6 Å². The average molecular weight is 172 g/mol. The zero-order valence-corrected chi connectivity index (χ0v) is 6.93. The van der Waals surface area contributed by atoms with Gasteiger partial charge in [0.15, 0.2) is 5.76 Å². The van der Waals surface area contributed by atoms with Crippen molar-refractivity contribution in [3.8, 4) is 5.75 Å². The van der Waals surface area contributed by atoms with Crippen molar-refractivity contribution < 1.29 is 8.60 Å². The van der Waals surface area contributed by atoms with Crippen LogP contribution in [0.2, 0.25) is 0 Å². The maximum absolute atomic E-state index is 11.0. The Hall–Kier alpha value is -0.900. The number of rotatable bonds is 2. The minimum absolute atomic E-state index is 0.179. The van der Waals surface area contributed by atoms with E-state index in [9.17, 15) is 4.79 Å². The molecule has 0 N–H and O–H groups in total. The first-order valence-electron chi connectivity index (χ1n) is 3.21. The van der Waals surface area contributed by atoms with Crippen molar-refractivity contribution in [2.75, 3.05) is 0 Å². The van der Waals surface area contributed by atoms with Crippen molar-refractivity contribution in [3.63, 3.8) is 0 Å². The molecule has 1 aromatic heterocycles. The Balaban J connectivity index is 3.24. The zero-order chi connectivity index (χ0) is 8.27. The number of aryl methyl sites for hydroxylation is 1. The molecule has 0 atom stereocenters. The van der Waals surface area contributed by atoms with Crippen LogP contribution in [0.3, 0.4) is 0 Å². The molecule has 0 aliphatic rings. The van der Waals surface area contributed by atoms with Gasteiger partial charge in [-0.05, 0) is 0 Å². The molecule has 0 saturated heterocycles. The summed E-state index contributed by atoms with van der Waals surface area (Å²) in [6.45, 7) is 1.87. The summed E-state index contributed by atoms with van der Waals surface area (Å²) in [5.41, 5.74) is -0.205. The van der Waals surface area contributed by atoms with Crippen LogP contribution in [-0.2, 0) is 6.42 Å². The first-order chi connectivity index (χ1) is 5.29. The third kappa shape index (κ3) is 1.57. The van der Waals surface area contributed by atoms with Gasteiger partial charge in [-0.3, -0.25) is 4.79 Å². The third-order valence-electron chi connectivity index (χ3n) is 1.32. The fraction of sp³-hybridized carbons (Fsp3) is 0.286. The van der Waals surface area contributed by atoms with E-state index in [0.29, 0.717) is 12.2 Å². The van der Waals surface area contributed by atoms with E-state index in [1.165, 1.54) is 12.3 Å². The average Bonchev–Trinajstić information content (AvgIpc) is 2.04. The first kappa shape index (κ1) is 8.20. The highest BCUT2D eigenvalue weighted by molar-refractivity contribution is 7.75. The van der Waals surface area contributed by atoms with Crippen molar-refractivity contribution in [1.29, 1.82) is 0 Å². The molecule has 0 spiro atoms. The van der Waals surface area contributed by atoms with Crippen LogP contribution < -0.4 is 9.61 Å². The maximum Gasteiger partial charge on any atom is 0.228 e. The van der Waals surface area contributed by atoms with Crippen LogP contribution in [0.25, 0.3) is 0 Å². The van der Waals surface area contributed by atoms with E-state index < -0.39 is 0 Å². The van der Waals surface area contributed by atoms with Crippen LogP contribution >= 0.6 is 12.9 Å². The topological polar surface area (TPSA) is 39.4 Å². The van der Waals surface area contributed by atoms with Gasteiger partial charge in [-0.15, -0.1) is 0 Å². The second kappa shape index (κ2) is 3.48. The number of hydrogen-bond donors (Lipinski definition) is 1. The van der Waals surface area contributed by atoms with Gasteiger partial charge in [-0.1, -0.05) is 6.92 Å². The van der Waals surface area contributed by atoms with Crippen molar-refractivity contribution in [3.05, 3.63) is 28.3 Å². The molecular formula is C7H8O3S. The molecule has 11 heavy (non-hydrogen) atoms. The van der Waals surface area contributed by atoms with E-state index in [4.69, 9.17) is 4.42 Å². The highest BCUT2D eigenvalue weighted by atomic mass is 32.1. The summed E-state index contributed by atoms with van der Waals surface area (Å²) in [7, 11) is 0. The second-order valence-electron chi connectivity index (χ2n) is 1.98. The minimum Gasteiger partial charge on any atom is -0.465 e. The lowest BCUT2D eigenvalue weighted by molar-refractivity contribution is 0.464. The summed E-state index contributed by atoms with van der Waals surface area (Å²) < 4.78 is 9.56. The molecule has 1 aromatic rings. The van der Waals surface area contributed by atoms with Gasteiger partial charge in [0.05, 0.1) is 6.26 Å². The molecule has 0 amide bonds. The lowest BCUT2D eigenvalue weighted by Gasteiger charge is -2.00. The van der Waals surface area contributed by atoms with Crippen molar-refractivity contribution in [2.24, 2.45) is 0 Å². The van der Waals surface area contributed by atoms with Crippen LogP contribution in [0.15, 0.2) is 21.5 Å². The van der Waals surface area contributed by atoms with Crippen molar-refractivity contribution >= 4 is 12.9 Å². The Kier molecular flexibility index (Phi) is 2.59. The molecule has 0 aromatic carbocycles.